The number of halogens is 4. The summed E-state index contributed by atoms with van der Waals surface area (Å²) in [6, 6.07) is 8.43. The largest absolute Gasteiger partial charge is 0.441 e. The molecule has 0 fully saturated rings. The molecule has 0 unspecified atom stereocenters. The number of rotatable bonds is 4. The summed E-state index contributed by atoms with van der Waals surface area (Å²) in [6.07, 6.45) is -0.0800. The molecule has 0 spiro atoms. The van der Waals surface area contributed by atoms with Crippen LogP contribution in [-0.2, 0) is 13.0 Å². The lowest BCUT2D eigenvalue weighted by atomic mass is 10.1. The number of aromatic nitrogens is 2. The first-order valence-corrected chi connectivity index (χ1v) is 7.64. The second kappa shape index (κ2) is 6.75. The Balaban J connectivity index is 2.00. The van der Waals surface area contributed by atoms with Gasteiger partial charge in [0.1, 0.15) is 11.6 Å². The van der Waals surface area contributed by atoms with Crippen LogP contribution in [0.5, 0.6) is 0 Å². The molecule has 124 valence electrons. The van der Waals surface area contributed by atoms with Crippen molar-refractivity contribution in [3.63, 3.8) is 0 Å². The summed E-state index contributed by atoms with van der Waals surface area (Å²) in [7, 11) is 0. The molecule has 0 aliphatic rings. The van der Waals surface area contributed by atoms with Crippen molar-refractivity contribution in [2.45, 2.75) is 13.0 Å². The fraction of sp³-hybridized carbons (Fsp3) is 0.125. The molecule has 0 radical (unpaired) electrons. The van der Waals surface area contributed by atoms with Crippen LogP contribution in [0, 0.1) is 11.6 Å². The van der Waals surface area contributed by atoms with Gasteiger partial charge in [-0.2, -0.15) is 0 Å². The Labute approximate surface area is 145 Å². The zero-order chi connectivity index (χ0) is 17.3. The predicted octanol–water partition coefficient (Wildman–Crippen LogP) is 4.06. The molecule has 1 heterocycles. The monoisotopic (exact) mass is 370 g/mol. The smallest absolute Gasteiger partial charge is 0.296 e. The fourth-order valence-electron chi connectivity index (χ4n) is 2.28. The van der Waals surface area contributed by atoms with E-state index >= 15 is 0 Å². The molecule has 3 rings (SSSR count). The summed E-state index contributed by atoms with van der Waals surface area (Å²) < 4.78 is 33.6. The van der Waals surface area contributed by atoms with E-state index in [1.54, 1.807) is 0 Å². The molecule has 1 aromatic heterocycles. The third-order valence-corrected chi connectivity index (χ3v) is 4.24. The molecule has 0 aliphatic carbocycles. The quantitative estimate of drug-likeness (QED) is 0.695. The minimum atomic E-state index is -0.795. The van der Waals surface area contributed by atoms with E-state index in [0.717, 1.165) is 4.57 Å². The van der Waals surface area contributed by atoms with Crippen molar-refractivity contribution < 1.29 is 13.3 Å². The first kappa shape index (κ1) is 16.7. The minimum absolute atomic E-state index is 0.0800. The van der Waals surface area contributed by atoms with Crippen LogP contribution in [0.4, 0.5) is 8.78 Å². The number of hydrogen-bond acceptors (Lipinski definition) is 3. The van der Waals surface area contributed by atoms with Gasteiger partial charge in [-0.1, -0.05) is 40.5 Å². The van der Waals surface area contributed by atoms with Crippen molar-refractivity contribution in [1.82, 2.24) is 9.72 Å². The molecule has 0 bridgehead atoms. The van der Waals surface area contributed by atoms with Crippen molar-refractivity contribution in [2.75, 3.05) is 0 Å². The van der Waals surface area contributed by atoms with E-state index in [0.29, 0.717) is 0 Å². The van der Waals surface area contributed by atoms with Gasteiger partial charge in [0.25, 0.3) is 0 Å². The average molecular weight is 371 g/mol. The highest BCUT2D eigenvalue weighted by Gasteiger charge is 2.18. The van der Waals surface area contributed by atoms with E-state index in [1.807, 2.05) is 0 Å². The molecular weight excluding hydrogens is 361 g/mol. The van der Waals surface area contributed by atoms with Crippen LogP contribution >= 0.6 is 23.2 Å². The second-order valence-corrected chi connectivity index (χ2v) is 5.84. The molecule has 2 aromatic carbocycles. The van der Waals surface area contributed by atoms with Crippen LogP contribution in [0.1, 0.15) is 17.0 Å². The predicted molar refractivity (Wildman–Crippen MR) is 85.5 cm³/mol. The van der Waals surface area contributed by atoms with Gasteiger partial charge in [-0.15, -0.1) is 0 Å². The first-order valence-electron chi connectivity index (χ1n) is 6.88. The summed E-state index contributed by atoms with van der Waals surface area (Å²) in [5, 5.41) is 3.99. The number of benzene rings is 2. The van der Waals surface area contributed by atoms with E-state index in [2.05, 4.69) is 9.68 Å². The van der Waals surface area contributed by atoms with Crippen LogP contribution in [0.3, 0.4) is 0 Å². The maximum atomic E-state index is 13.9. The Hall–Kier alpha value is -2.18. The van der Waals surface area contributed by atoms with Gasteiger partial charge in [0.2, 0.25) is 0 Å². The molecule has 3 aromatic rings. The lowest BCUT2D eigenvalue weighted by Gasteiger charge is -2.09. The summed E-state index contributed by atoms with van der Waals surface area (Å²) in [6.45, 7) is -0.185. The highest BCUT2D eigenvalue weighted by Crippen LogP contribution is 2.23. The van der Waals surface area contributed by atoms with Crippen LogP contribution in [0.25, 0.3) is 0 Å². The van der Waals surface area contributed by atoms with Crippen LogP contribution < -0.4 is 5.76 Å². The maximum Gasteiger partial charge on any atom is 0.441 e. The summed E-state index contributed by atoms with van der Waals surface area (Å²) in [4.78, 5) is 11.9. The summed E-state index contributed by atoms with van der Waals surface area (Å²) in [5.41, 5.74) is 0.284. The van der Waals surface area contributed by atoms with E-state index < -0.39 is 17.4 Å². The SMILES string of the molecule is O=c1onc(Cc2c(F)cccc2Cl)n1Cc1c(F)cccc1Cl. The minimum Gasteiger partial charge on any atom is -0.296 e. The van der Waals surface area contributed by atoms with Gasteiger partial charge in [0.15, 0.2) is 5.82 Å². The van der Waals surface area contributed by atoms with Crippen LogP contribution in [-0.4, -0.2) is 9.72 Å². The summed E-state index contributed by atoms with van der Waals surface area (Å²) >= 11 is 12.0. The number of nitrogens with zero attached hydrogens (tertiary/aromatic N) is 2. The van der Waals surface area contributed by atoms with Crippen molar-refractivity contribution in [2.24, 2.45) is 0 Å². The van der Waals surface area contributed by atoms with E-state index in [-0.39, 0.29) is 40.0 Å². The van der Waals surface area contributed by atoms with E-state index in [9.17, 15) is 13.6 Å². The molecule has 0 saturated carbocycles. The van der Waals surface area contributed by atoms with Crippen LogP contribution in [0.2, 0.25) is 10.0 Å². The number of hydrogen-bond donors (Lipinski definition) is 0. The van der Waals surface area contributed by atoms with Crippen molar-refractivity contribution in [3.05, 3.63) is 85.6 Å². The standard InChI is InChI=1S/C16H10Cl2F2N2O2/c17-11-3-1-5-13(19)9(11)7-15-21-24-16(23)22(15)8-10-12(18)4-2-6-14(10)20/h1-6H,7-8H2. The molecule has 8 heteroatoms. The van der Waals surface area contributed by atoms with Gasteiger partial charge in [0, 0.05) is 27.6 Å². The Morgan fingerprint density at radius 3 is 2.17 bits per heavy atom. The van der Waals surface area contributed by atoms with Gasteiger partial charge in [0.05, 0.1) is 6.54 Å². The van der Waals surface area contributed by atoms with Gasteiger partial charge in [-0.3, -0.25) is 9.09 Å². The van der Waals surface area contributed by atoms with Gasteiger partial charge in [-0.05, 0) is 24.3 Å². The fourth-order valence-corrected chi connectivity index (χ4v) is 2.73. The van der Waals surface area contributed by atoms with Gasteiger partial charge < -0.3 is 0 Å². The lowest BCUT2D eigenvalue weighted by Crippen LogP contribution is -2.19. The Bertz CT molecular complexity index is 913. The zero-order valence-electron chi connectivity index (χ0n) is 12.1. The van der Waals surface area contributed by atoms with Crippen molar-refractivity contribution >= 4 is 23.2 Å². The first-order chi connectivity index (χ1) is 11.5. The molecule has 0 saturated heterocycles. The lowest BCUT2D eigenvalue weighted by molar-refractivity contribution is 0.374. The zero-order valence-corrected chi connectivity index (χ0v) is 13.6. The van der Waals surface area contributed by atoms with Crippen LogP contribution in [0.15, 0.2) is 45.7 Å². The molecule has 0 N–H and O–H groups in total. The normalized spacial score (nSPS) is 11.0. The average Bonchev–Trinajstić information content (AvgIpc) is 2.87. The third-order valence-electron chi connectivity index (χ3n) is 3.54. The maximum absolute atomic E-state index is 13.9. The topological polar surface area (TPSA) is 48.0 Å². The molecular formula is C16H10Cl2F2N2O2. The Morgan fingerprint density at radius 2 is 1.58 bits per heavy atom. The van der Waals surface area contributed by atoms with E-state index in [1.165, 1.54) is 36.4 Å². The molecule has 4 nitrogen and oxygen atoms in total. The van der Waals surface area contributed by atoms with E-state index in [4.69, 9.17) is 23.2 Å². The second-order valence-electron chi connectivity index (χ2n) is 5.03. The molecule has 0 aliphatic heterocycles. The third kappa shape index (κ3) is 3.20. The molecule has 0 atom stereocenters. The summed E-state index contributed by atoms with van der Waals surface area (Å²) in [5.74, 6) is -1.78. The van der Waals surface area contributed by atoms with Crippen molar-refractivity contribution in [1.29, 1.82) is 0 Å². The van der Waals surface area contributed by atoms with Crippen molar-refractivity contribution in [3.8, 4) is 0 Å². The highest BCUT2D eigenvalue weighted by atomic mass is 35.5. The Morgan fingerprint density at radius 1 is 1.00 bits per heavy atom. The Kier molecular flexibility index (Phi) is 4.69. The van der Waals surface area contributed by atoms with Gasteiger partial charge in [-0.25, -0.2) is 13.6 Å². The molecule has 24 heavy (non-hydrogen) atoms. The van der Waals surface area contributed by atoms with Gasteiger partial charge >= 0.3 is 5.76 Å². The highest BCUT2D eigenvalue weighted by molar-refractivity contribution is 6.31. The molecule has 0 amide bonds.